The Bertz CT molecular complexity index is 1090. The minimum atomic E-state index is -0.568. The van der Waals surface area contributed by atoms with E-state index in [0.29, 0.717) is 23.8 Å². The number of rotatable bonds is 10. The smallest absolute Gasteiger partial charge is 0.270 e. The molecular weight excluding hydrogens is 414 g/mol. The summed E-state index contributed by atoms with van der Waals surface area (Å²) in [4.78, 5) is 27.4. The quantitative estimate of drug-likeness (QED) is 0.367. The van der Waals surface area contributed by atoms with Gasteiger partial charge in [0.2, 0.25) is 5.88 Å². The zero-order valence-corrected chi connectivity index (χ0v) is 17.7. The summed E-state index contributed by atoms with van der Waals surface area (Å²) in [7, 11) is 1.39. The normalized spacial score (nSPS) is 10.3. The first-order chi connectivity index (χ1) is 15.5. The number of aromatic nitrogens is 1. The lowest BCUT2D eigenvalue weighted by Gasteiger charge is -2.12. The molecule has 1 heterocycles. The lowest BCUT2D eigenvalue weighted by atomic mass is 10.1. The van der Waals surface area contributed by atoms with Gasteiger partial charge in [-0.25, -0.2) is 4.98 Å². The number of nitro benzene ring substituents is 1. The summed E-state index contributed by atoms with van der Waals surface area (Å²) in [6.07, 6.45) is 2.51. The van der Waals surface area contributed by atoms with E-state index in [1.807, 2.05) is 19.1 Å². The molecule has 32 heavy (non-hydrogen) atoms. The standard InChI is InChI=1S/C23H23N3O6/c1-3-13-31-18-7-9-19(10-8-18)32-23-16(5-4-12-24-23)15-25-22(27)20-14-17(26(28)29)6-11-21(20)30-2/h4-12,14H,3,13,15H2,1-2H3,(H,25,27). The average molecular weight is 437 g/mol. The van der Waals surface area contributed by atoms with Crippen LogP contribution in [0.15, 0.2) is 60.8 Å². The summed E-state index contributed by atoms with van der Waals surface area (Å²) in [5, 5.41) is 13.8. The van der Waals surface area contributed by atoms with Crippen LogP contribution < -0.4 is 19.5 Å². The minimum absolute atomic E-state index is 0.0655. The average Bonchev–Trinajstić information content (AvgIpc) is 2.82. The van der Waals surface area contributed by atoms with E-state index in [2.05, 4.69) is 10.3 Å². The Balaban J connectivity index is 1.71. The number of hydrogen-bond acceptors (Lipinski definition) is 7. The highest BCUT2D eigenvalue weighted by molar-refractivity contribution is 5.97. The van der Waals surface area contributed by atoms with Gasteiger partial charge in [-0.2, -0.15) is 0 Å². The summed E-state index contributed by atoms with van der Waals surface area (Å²) >= 11 is 0. The zero-order valence-electron chi connectivity index (χ0n) is 17.7. The highest BCUT2D eigenvalue weighted by atomic mass is 16.6. The molecule has 0 aliphatic carbocycles. The maximum absolute atomic E-state index is 12.7. The second kappa shape index (κ2) is 10.8. The van der Waals surface area contributed by atoms with Crippen molar-refractivity contribution in [3.63, 3.8) is 0 Å². The third-order valence-electron chi connectivity index (χ3n) is 4.44. The molecule has 1 N–H and O–H groups in total. The molecule has 1 amide bonds. The van der Waals surface area contributed by atoms with Crippen LogP contribution in [0.4, 0.5) is 5.69 Å². The Labute approximate surface area is 185 Å². The Morgan fingerprint density at radius 3 is 2.56 bits per heavy atom. The van der Waals surface area contributed by atoms with Gasteiger partial charge in [0.15, 0.2) is 0 Å². The molecule has 3 rings (SSSR count). The molecule has 1 aromatic heterocycles. The first-order valence-electron chi connectivity index (χ1n) is 9.97. The molecule has 3 aromatic rings. The van der Waals surface area contributed by atoms with Gasteiger partial charge in [0.05, 0.1) is 24.2 Å². The SMILES string of the molecule is CCCOc1ccc(Oc2ncccc2CNC(=O)c2cc([N+](=O)[O-])ccc2OC)cc1. The second-order valence-corrected chi connectivity index (χ2v) is 6.71. The van der Waals surface area contributed by atoms with Crippen molar-refractivity contribution in [1.82, 2.24) is 10.3 Å². The van der Waals surface area contributed by atoms with Crippen LogP contribution in [0.1, 0.15) is 29.3 Å². The number of amides is 1. The monoisotopic (exact) mass is 437 g/mol. The molecule has 0 saturated carbocycles. The van der Waals surface area contributed by atoms with E-state index in [4.69, 9.17) is 14.2 Å². The number of carbonyl (C=O) groups is 1. The van der Waals surface area contributed by atoms with E-state index < -0.39 is 10.8 Å². The van der Waals surface area contributed by atoms with Crippen LogP contribution in [0.5, 0.6) is 23.1 Å². The van der Waals surface area contributed by atoms with Gasteiger partial charge in [0, 0.05) is 30.4 Å². The number of benzene rings is 2. The molecule has 0 saturated heterocycles. The molecule has 9 heteroatoms. The van der Waals surface area contributed by atoms with Crippen LogP contribution in [0.2, 0.25) is 0 Å². The Morgan fingerprint density at radius 1 is 1.12 bits per heavy atom. The van der Waals surface area contributed by atoms with Crippen LogP contribution in [0.25, 0.3) is 0 Å². The Hall–Kier alpha value is -4.14. The first-order valence-corrected chi connectivity index (χ1v) is 9.97. The Morgan fingerprint density at radius 2 is 1.88 bits per heavy atom. The largest absolute Gasteiger partial charge is 0.496 e. The third kappa shape index (κ3) is 5.72. The van der Waals surface area contributed by atoms with Gasteiger partial charge in [-0.1, -0.05) is 13.0 Å². The van der Waals surface area contributed by atoms with Crippen molar-refractivity contribution in [2.45, 2.75) is 19.9 Å². The minimum Gasteiger partial charge on any atom is -0.496 e. The first kappa shape index (κ1) is 22.5. The number of pyridine rings is 1. The van der Waals surface area contributed by atoms with Crippen molar-refractivity contribution in [2.75, 3.05) is 13.7 Å². The maximum atomic E-state index is 12.7. The topological polar surface area (TPSA) is 113 Å². The number of hydrogen-bond donors (Lipinski definition) is 1. The highest BCUT2D eigenvalue weighted by Gasteiger charge is 2.18. The van der Waals surface area contributed by atoms with Gasteiger partial charge >= 0.3 is 0 Å². The fraction of sp³-hybridized carbons (Fsp3) is 0.217. The van der Waals surface area contributed by atoms with E-state index in [1.165, 1.54) is 25.3 Å². The molecule has 166 valence electrons. The van der Waals surface area contributed by atoms with Gasteiger partial charge in [0.25, 0.3) is 11.6 Å². The molecule has 0 aliphatic rings. The molecule has 0 aliphatic heterocycles. The lowest BCUT2D eigenvalue weighted by Crippen LogP contribution is -2.23. The third-order valence-corrected chi connectivity index (χ3v) is 4.44. The van der Waals surface area contributed by atoms with Gasteiger partial charge in [-0.15, -0.1) is 0 Å². The molecule has 0 spiro atoms. The van der Waals surface area contributed by atoms with E-state index in [9.17, 15) is 14.9 Å². The fourth-order valence-electron chi connectivity index (χ4n) is 2.84. The predicted molar refractivity (Wildman–Crippen MR) is 117 cm³/mol. The lowest BCUT2D eigenvalue weighted by molar-refractivity contribution is -0.384. The van der Waals surface area contributed by atoms with Gasteiger partial charge in [-0.3, -0.25) is 14.9 Å². The van der Waals surface area contributed by atoms with Crippen LogP contribution >= 0.6 is 0 Å². The van der Waals surface area contributed by atoms with Crippen molar-refractivity contribution in [3.05, 3.63) is 82.0 Å². The predicted octanol–water partition coefficient (Wildman–Crippen LogP) is 4.51. The molecule has 0 atom stereocenters. The summed E-state index contributed by atoms with van der Waals surface area (Å²) in [5.41, 5.74) is 0.500. The van der Waals surface area contributed by atoms with Crippen molar-refractivity contribution < 1.29 is 23.9 Å². The summed E-state index contributed by atoms with van der Waals surface area (Å²) in [6.45, 7) is 2.78. The molecular formula is C23H23N3O6. The number of methoxy groups -OCH3 is 1. The molecule has 0 radical (unpaired) electrons. The number of carbonyl (C=O) groups excluding carboxylic acids is 1. The van der Waals surface area contributed by atoms with E-state index in [0.717, 1.165) is 12.2 Å². The molecule has 0 unspecified atom stereocenters. The maximum Gasteiger partial charge on any atom is 0.270 e. The number of ether oxygens (including phenoxy) is 3. The van der Waals surface area contributed by atoms with Crippen molar-refractivity contribution in [1.29, 1.82) is 0 Å². The number of nitrogens with zero attached hydrogens (tertiary/aromatic N) is 2. The molecule has 0 bridgehead atoms. The van der Waals surface area contributed by atoms with Gasteiger partial charge in [-0.05, 0) is 42.8 Å². The Kier molecular flexibility index (Phi) is 7.58. The summed E-state index contributed by atoms with van der Waals surface area (Å²) in [6, 6.07) is 14.5. The van der Waals surface area contributed by atoms with E-state index in [1.54, 1.807) is 30.5 Å². The van der Waals surface area contributed by atoms with Crippen molar-refractivity contribution >= 4 is 11.6 Å². The van der Waals surface area contributed by atoms with Crippen LogP contribution in [-0.4, -0.2) is 29.5 Å². The number of non-ortho nitro benzene ring substituents is 1. The van der Waals surface area contributed by atoms with Crippen LogP contribution in [0, 0.1) is 10.1 Å². The van der Waals surface area contributed by atoms with Crippen LogP contribution in [0.3, 0.4) is 0 Å². The number of nitro groups is 1. The van der Waals surface area contributed by atoms with E-state index in [-0.39, 0.29) is 23.5 Å². The summed E-state index contributed by atoms with van der Waals surface area (Å²) in [5.74, 6) is 1.37. The fourth-order valence-corrected chi connectivity index (χ4v) is 2.84. The molecule has 0 fully saturated rings. The van der Waals surface area contributed by atoms with Gasteiger partial charge in [0.1, 0.15) is 17.2 Å². The zero-order chi connectivity index (χ0) is 22.9. The van der Waals surface area contributed by atoms with E-state index >= 15 is 0 Å². The van der Waals surface area contributed by atoms with Crippen molar-refractivity contribution in [2.24, 2.45) is 0 Å². The second-order valence-electron chi connectivity index (χ2n) is 6.71. The van der Waals surface area contributed by atoms with Crippen LogP contribution in [-0.2, 0) is 6.54 Å². The molecule has 9 nitrogen and oxygen atoms in total. The van der Waals surface area contributed by atoms with Gasteiger partial charge < -0.3 is 19.5 Å². The molecule has 2 aromatic carbocycles. The highest BCUT2D eigenvalue weighted by Crippen LogP contribution is 2.26. The number of nitrogens with one attached hydrogen (secondary N) is 1. The summed E-state index contributed by atoms with van der Waals surface area (Å²) < 4.78 is 16.6. The van der Waals surface area contributed by atoms with Crippen molar-refractivity contribution in [3.8, 4) is 23.1 Å².